The fourth-order valence-electron chi connectivity index (χ4n) is 4.76. The lowest BCUT2D eigenvalue weighted by atomic mass is 9.96. The fraction of sp³-hybridized carbons (Fsp3) is 0.375. The number of fused-ring (bicyclic) bond motifs is 3. The summed E-state index contributed by atoms with van der Waals surface area (Å²) in [7, 11) is 0. The van der Waals surface area contributed by atoms with Crippen molar-refractivity contribution in [3.05, 3.63) is 65.4 Å². The summed E-state index contributed by atoms with van der Waals surface area (Å²) in [4.78, 5) is 6.80. The summed E-state index contributed by atoms with van der Waals surface area (Å²) in [5.74, 6) is 0. The van der Waals surface area contributed by atoms with Crippen LogP contribution < -0.4 is 10.2 Å². The lowest BCUT2D eigenvalue weighted by molar-refractivity contribution is -0.138. The highest BCUT2D eigenvalue weighted by Gasteiger charge is 2.38. The van der Waals surface area contributed by atoms with Crippen molar-refractivity contribution in [2.24, 2.45) is 0 Å². The van der Waals surface area contributed by atoms with Crippen LogP contribution in [-0.2, 0) is 10.9 Å². The topological polar surface area (TPSA) is 37.4 Å². The van der Waals surface area contributed by atoms with E-state index in [0.717, 1.165) is 47.9 Å². The highest BCUT2D eigenvalue weighted by molar-refractivity contribution is 5.93. The Morgan fingerprint density at radius 2 is 1.87 bits per heavy atom. The minimum Gasteiger partial charge on any atom is -0.378 e. The van der Waals surface area contributed by atoms with E-state index in [2.05, 4.69) is 27.3 Å². The second-order valence-electron chi connectivity index (χ2n) is 8.46. The predicted molar refractivity (Wildman–Crippen MR) is 115 cm³/mol. The Bertz CT molecular complexity index is 1110. The van der Waals surface area contributed by atoms with Crippen LogP contribution in [0.4, 0.5) is 24.5 Å². The van der Waals surface area contributed by atoms with Crippen molar-refractivity contribution in [1.82, 2.24) is 4.98 Å². The first kappa shape index (κ1) is 20.1. The molecule has 3 atom stereocenters. The number of nitrogens with zero attached hydrogens (tertiary/aromatic N) is 2. The van der Waals surface area contributed by atoms with Gasteiger partial charge in [0.05, 0.1) is 23.3 Å². The van der Waals surface area contributed by atoms with Crippen molar-refractivity contribution in [2.45, 2.75) is 44.7 Å². The van der Waals surface area contributed by atoms with Gasteiger partial charge >= 0.3 is 6.18 Å². The number of pyridine rings is 1. The molecule has 2 unspecified atom stereocenters. The van der Waals surface area contributed by atoms with Gasteiger partial charge in [-0.05, 0) is 55.3 Å². The predicted octanol–water partition coefficient (Wildman–Crippen LogP) is 5.71. The van der Waals surface area contributed by atoms with Crippen molar-refractivity contribution < 1.29 is 17.9 Å². The number of piperidine rings is 1. The lowest BCUT2D eigenvalue weighted by Gasteiger charge is -2.48. The van der Waals surface area contributed by atoms with Gasteiger partial charge < -0.3 is 15.0 Å². The van der Waals surface area contributed by atoms with Crippen LogP contribution in [0, 0.1) is 6.92 Å². The van der Waals surface area contributed by atoms with Gasteiger partial charge in [-0.25, -0.2) is 0 Å². The van der Waals surface area contributed by atoms with Crippen LogP contribution >= 0.6 is 0 Å². The molecule has 3 fully saturated rings. The third-order valence-electron chi connectivity index (χ3n) is 6.37. The van der Waals surface area contributed by atoms with Gasteiger partial charge in [-0.1, -0.05) is 12.1 Å². The molecule has 3 saturated heterocycles. The summed E-state index contributed by atoms with van der Waals surface area (Å²) >= 11 is 0. The molecule has 0 spiro atoms. The quantitative estimate of drug-likeness (QED) is 0.579. The van der Waals surface area contributed by atoms with E-state index in [-0.39, 0.29) is 11.6 Å². The molecule has 3 aromatic rings. The first-order valence-corrected chi connectivity index (χ1v) is 10.5. The van der Waals surface area contributed by atoms with E-state index >= 15 is 0 Å². The molecule has 3 aliphatic rings. The smallest absolute Gasteiger partial charge is 0.378 e. The summed E-state index contributed by atoms with van der Waals surface area (Å²) < 4.78 is 45.7. The Hall–Kier alpha value is -2.80. The van der Waals surface area contributed by atoms with Crippen LogP contribution in [0.1, 0.15) is 36.1 Å². The van der Waals surface area contributed by atoms with Gasteiger partial charge in [-0.3, -0.25) is 4.98 Å². The van der Waals surface area contributed by atoms with Crippen molar-refractivity contribution >= 4 is 22.3 Å². The molecule has 1 aromatic heterocycles. The average molecular weight is 427 g/mol. The van der Waals surface area contributed by atoms with Gasteiger partial charge in [0.15, 0.2) is 0 Å². The number of alkyl halides is 3. The first-order chi connectivity index (χ1) is 14.8. The van der Waals surface area contributed by atoms with Gasteiger partial charge in [0, 0.05) is 48.5 Å². The van der Waals surface area contributed by atoms with E-state index in [1.807, 2.05) is 19.1 Å². The molecule has 0 aliphatic carbocycles. The van der Waals surface area contributed by atoms with Crippen molar-refractivity contribution in [2.75, 3.05) is 23.3 Å². The molecular formula is C24H24F3N3O. The number of halogens is 3. The molecule has 1 N–H and O–H groups in total. The number of nitrogens with one attached hydrogen (secondary N) is 1. The third-order valence-corrected chi connectivity index (χ3v) is 6.37. The fourth-order valence-corrected chi connectivity index (χ4v) is 4.76. The first-order valence-electron chi connectivity index (χ1n) is 10.5. The normalized spacial score (nSPS) is 21.6. The Labute approximate surface area is 179 Å². The molecule has 3 aliphatic heterocycles. The van der Waals surface area contributed by atoms with Gasteiger partial charge in [0.25, 0.3) is 0 Å². The van der Waals surface area contributed by atoms with Crippen LogP contribution in [0.2, 0.25) is 0 Å². The van der Waals surface area contributed by atoms with Gasteiger partial charge in [-0.15, -0.1) is 0 Å². The Morgan fingerprint density at radius 3 is 2.58 bits per heavy atom. The highest BCUT2D eigenvalue weighted by atomic mass is 19.4. The molecular weight excluding hydrogens is 403 g/mol. The second kappa shape index (κ2) is 7.41. The van der Waals surface area contributed by atoms with Crippen LogP contribution in [0.5, 0.6) is 0 Å². The van der Waals surface area contributed by atoms with Crippen molar-refractivity contribution in [3.8, 4) is 0 Å². The Morgan fingerprint density at radius 1 is 1.13 bits per heavy atom. The summed E-state index contributed by atoms with van der Waals surface area (Å²) in [6.07, 6.45) is -0.891. The lowest BCUT2D eigenvalue weighted by Crippen LogP contribution is -2.57. The van der Waals surface area contributed by atoms with E-state index in [0.29, 0.717) is 17.8 Å². The maximum Gasteiger partial charge on any atom is 0.416 e. The summed E-state index contributed by atoms with van der Waals surface area (Å²) in [5.41, 5.74) is 3.11. The summed E-state index contributed by atoms with van der Waals surface area (Å²) in [5, 5.41) is 4.37. The molecule has 6 rings (SSSR count). The number of morpholine rings is 1. The van der Waals surface area contributed by atoms with Crippen LogP contribution in [0.3, 0.4) is 0 Å². The standard InChI is InChI=1S/C24H24F3N3O/c1-14-19(4-3-5-21(14)24(25,26)27)15(2)29-23-8-9-28-22-7-6-16(10-20(22)23)30-12-17-11-18(13-30)31-17/h3-10,15,17-18H,11-13H2,1-2H3,(H,28,29)/t15-,17?,18?/m1/s1. The maximum atomic E-state index is 13.3. The Balaban J connectivity index is 1.46. The number of ether oxygens (including phenoxy) is 1. The van der Waals surface area contributed by atoms with Crippen LogP contribution in [0.15, 0.2) is 48.7 Å². The third kappa shape index (κ3) is 3.71. The van der Waals surface area contributed by atoms with Gasteiger partial charge in [0.2, 0.25) is 0 Å². The highest BCUT2D eigenvalue weighted by Crippen LogP contribution is 2.37. The number of rotatable bonds is 4. The minimum atomic E-state index is -4.36. The van der Waals surface area contributed by atoms with Gasteiger partial charge in [-0.2, -0.15) is 13.2 Å². The monoisotopic (exact) mass is 427 g/mol. The number of hydrogen-bond donors (Lipinski definition) is 1. The maximum absolute atomic E-state index is 13.3. The van der Waals surface area contributed by atoms with Crippen LogP contribution in [0.25, 0.3) is 10.9 Å². The average Bonchev–Trinajstić information content (AvgIpc) is 2.72. The van der Waals surface area contributed by atoms with E-state index in [1.165, 1.54) is 13.0 Å². The molecule has 31 heavy (non-hydrogen) atoms. The molecule has 4 nitrogen and oxygen atoms in total. The van der Waals surface area contributed by atoms with E-state index in [1.54, 1.807) is 12.3 Å². The number of benzene rings is 2. The summed E-state index contributed by atoms with van der Waals surface area (Å²) in [6, 6.07) is 12.1. The number of anilines is 2. The van der Waals surface area contributed by atoms with Crippen molar-refractivity contribution in [3.63, 3.8) is 0 Å². The second-order valence-corrected chi connectivity index (χ2v) is 8.46. The van der Waals surface area contributed by atoms with E-state index in [4.69, 9.17) is 4.74 Å². The molecule has 0 amide bonds. The Kier molecular flexibility index (Phi) is 4.81. The SMILES string of the molecule is Cc1c([C@@H](C)Nc2ccnc3ccc(N4CC5CC(C4)O5)cc23)cccc1C(F)(F)F. The van der Waals surface area contributed by atoms with Crippen molar-refractivity contribution in [1.29, 1.82) is 0 Å². The molecule has 7 heteroatoms. The molecule has 4 heterocycles. The summed E-state index contributed by atoms with van der Waals surface area (Å²) in [6.45, 7) is 5.17. The zero-order chi connectivity index (χ0) is 21.8. The molecule has 0 radical (unpaired) electrons. The largest absolute Gasteiger partial charge is 0.416 e. The zero-order valence-electron chi connectivity index (χ0n) is 17.4. The van der Waals surface area contributed by atoms with Gasteiger partial charge in [0.1, 0.15) is 0 Å². The molecule has 0 saturated carbocycles. The molecule has 2 bridgehead atoms. The van der Waals surface area contributed by atoms with Crippen LogP contribution in [-0.4, -0.2) is 30.3 Å². The van der Waals surface area contributed by atoms with E-state index < -0.39 is 11.7 Å². The molecule has 162 valence electrons. The zero-order valence-corrected chi connectivity index (χ0v) is 17.4. The number of hydrogen-bond acceptors (Lipinski definition) is 4. The minimum absolute atomic E-state index is 0.251. The number of aromatic nitrogens is 1. The molecule has 2 aromatic carbocycles. The van der Waals surface area contributed by atoms with E-state index in [9.17, 15) is 13.2 Å².